The molecule has 0 radical (unpaired) electrons. The summed E-state index contributed by atoms with van der Waals surface area (Å²) < 4.78 is 0. The van der Waals surface area contributed by atoms with E-state index in [4.69, 9.17) is 0 Å². The second-order valence-electron chi connectivity index (χ2n) is 5.54. The molecule has 1 aliphatic rings. The van der Waals surface area contributed by atoms with Crippen molar-refractivity contribution < 1.29 is 5.11 Å². The lowest BCUT2D eigenvalue weighted by molar-refractivity contribution is 0.230. The third kappa shape index (κ3) is 2.85. The van der Waals surface area contributed by atoms with Crippen LogP contribution in [0, 0.1) is 0 Å². The molecular formula is C15H24N2O. The van der Waals surface area contributed by atoms with Gasteiger partial charge in [-0.05, 0) is 70.7 Å². The van der Waals surface area contributed by atoms with Crippen LogP contribution in [0.15, 0.2) is 18.2 Å². The highest BCUT2D eigenvalue weighted by molar-refractivity contribution is 5.44. The van der Waals surface area contributed by atoms with Gasteiger partial charge in [-0.15, -0.1) is 0 Å². The maximum Gasteiger partial charge on any atom is 0.119 e. The van der Waals surface area contributed by atoms with E-state index >= 15 is 0 Å². The van der Waals surface area contributed by atoms with Crippen LogP contribution in [-0.4, -0.2) is 49.1 Å². The van der Waals surface area contributed by atoms with Crippen LogP contribution >= 0.6 is 0 Å². The molecule has 3 heteroatoms. The fourth-order valence-corrected chi connectivity index (χ4v) is 2.86. The molecule has 3 nitrogen and oxygen atoms in total. The molecule has 0 fully saturated rings. The van der Waals surface area contributed by atoms with E-state index < -0.39 is 0 Å². The highest BCUT2D eigenvalue weighted by atomic mass is 16.3. The van der Waals surface area contributed by atoms with Crippen LogP contribution in [0.4, 0.5) is 0 Å². The van der Waals surface area contributed by atoms with Gasteiger partial charge in [0.15, 0.2) is 0 Å². The fourth-order valence-electron chi connectivity index (χ4n) is 2.86. The van der Waals surface area contributed by atoms with Gasteiger partial charge in [-0.25, -0.2) is 0 Å². The van der Waals surface area contributed by atoms with Crippen molar-refractivity contribution in [3.05, 3.63) is 29.3 Å². The molecule has 1 aromatic carbocycles. The Morgan fingerprint density at radius 1 is 1.22 bits per heavy atom. The number of aromatic hydroxyl groups is 1. The van der Waals surface area contributed by atoms with Gasteiger partial charge in [-0.3, -0.25) is 4.90 Å². The normalized spacial score (nSPS) is 18.6. The number of rotatable bonds is 5. The molecule has 0 heterocycles. The molecule has 0 saturated carbocycles. The first-order valence-electron chi connectivity index (χ1n) is 6.75. The van der Waals surface area contributed by atoms with Gasteiger partial charge in [-0.1, -0.05) is 12.1 Å². The summed E-state index contributed by atoms with van der Waals surface area (Å²) in [7, 11) is 6.42. The van der Waals surface area contributed by atoms with Gasteiger partial charge < -0.3 is 10.0 Å². The molecule has 1 aliphatic carbocycles. The van der Waals surface area contributed by atoms with E-state index in [0.717, 1.165) is 31.5 Å². The summed E-state index contributed by atoms with van der Waals surface area (Å²) in [6, 6.07) is 6.40. The summed E-state index contributed by atoms with van der Waals surface area (Å²) in [6.07, 6.45) is 3.32. The molecule has 100 valence electrons. The number of phenols is 1. The SMILES string of the molecule is CN(C)CCCN(C)C1CCc2c(O)cccc21. The summed E-state index contributed by atoms with van der Waals surface area (Å²) in [4.78, 5) is 4.65. The van der Waals surface area contributed by atoms with Crippen molar-refractivity contribution in [2.45, 2.75) is 25.3 Å². The van der Waals surface area contributed by atoms with Crippen molar-refractivity contribution in [1.29, 1.82) is 0 Å². The Balaban J connectivity index is 1.98. The minimum Gasteiger partial charge on any atom is -0.508 e. The van der Waals surface area contributed by atoms with E-state index in [9.17, 15) is 5.11 Å². The van der Waals surface area contributed by atoms with Gasteiger partial charge in [0.25, 0.3) is 0 Å². The highest BCUT2D eigenvalue weighted by Crippen LogP contribution is 2.39. The van der Waals surface area contributed by atoms with Crippen molar-refractivity contribution in [3.63, 3.8) is 0 Å². The maximum absolute atomic E-state index is 9.85. The van der Waals surface area contributed by atoms with E-state index in [-0.39, 0.29) is 0 Å². The smallest absolute Gasteiger partial charge is 0.119 e. The van der Waals surface area contributed by atoms with Crippen molar-refractivity contribution in [2.75, 3.05) is 34.2 Å². The molecule has 1 unspecified atom stereocenters. The van der Waals surface area contributed by atoms with Crippen LogP contribution in [0.1, 0.15) is 30.0 Å². The van der Waals surface area contributed by atoms with Crippen molar-refractivity contribution in [3.8, 4) is 5.75 Å². The lowest BCUT2D eigenvalue weighted by Crippen LogP contribution is -2.26. The first-order valence-corrected chi connectivity index (χ1v) is 6.75. The molecule has 0 amide bonds. The fraction of sp³-hybridized carbons (Fsp3) is 0.600. The summed E-state index contributed by atoms with van der Waals surface area (Å²) in [5.41, 5.74) is 2.48. The van der Waals surface area contributed by atoms with Crippen LogP contribution in [-0.2, 0) is 6.42 Å². The predicted octanol–water partition coefficient (Wildman–Crippen LogP) is 2.26. The standard InChI is InChI=1S/C15H24N2O/c1-16(2)10-5-11-17(3)14-9-8-13-12(14)6-4-7-15(13)18/h4,6-7,14,18H,5,8-11H2,1-3H3. The zero-order valence-corrected chi connectivity index (χ0v) is 11.7. The molecule has 0 saturated heterocycles. The van der Waals surface area contributed by atoms with Crippen molar-refractivity contribution in [2.24, 2.45) is 0 Å². The Bertz CT molecular complexity index is 403. The molecule has 0 spiro atoms. The highest BCUT2D eigenvalue weighted by Gasteiger charge is 2.27. The van der Waals surface area contributed by atoms with Gasteiger partial charge >= 0.3 is 0 Å². The Hall–Kier alpha value is -1.06. The summed E-state index contributed by atoms with van der Waals surface area (Å²) >= 11 is 0. The summed E-state index contributed by atoms with van der Waals surface area (Å²) in [6.45, 7) is 2.24. The molecule has 2 rings (SSSR count). The van der Waals surface area contributed by atoms with Gasteiger partial charge in [0, 0.05) is 6.04 Å². The lowest BCUT2D eigenvalue weighted by Gasteiger charge is -2.25. The zero-order chi connectivity index (χ0) is 13.1. The summed E-state index contributed by atoms with van der Waals surface area (Å²) in [5, 5.41) is 9.85. The second-order valence-corrected chi connectivity index (χ2v) is 5.54. The number of phenolic OH excluding ortho intramolecular Hbond substituents is 1. The molecule has 18 heavy (non-hydrogen) atoms. The number of hydrogen-bond acceptors (Lipinski definition) is 3. The monoisotopic (exact) mass is 248 g/mol. The quantitative estimate of drug-likeness (QED) is 0.866. The first-order chi connectivity index (χ1) is 8.59. The van der Waals surface area contributed by atoms with Crippen LogP contribution in [0.25, 0.3) is 0 Å². The van der Waals surface area contributed by atoms with E-state index in [1.165, 1.54) is 12.0 Å². The first kappa shape index (κ1) is 13.4. The van der Waals surface area contributed by atoms with Gasteiger partial charge in [0.1, 0.15) is 5.75 Å². The predicted molar refractivity (Wildman–Crippen MR) is 75.0 cm³/mol. The number of fused-ring (bicyclic) bond motifs is 1. The molecule has 0 aliphatic heterocycles. The maximum atomic E-state index is 9.85. The molecule has 1 N–H and O–H groups in total. The van der Waals surface area contributed by atoms with E-state index in [0.29, 0.717) is 11.8 Å². The average molecular weight is 248 g/mol. The van der Waals surface area contributed by atoms with Crippen LogP contribution in [0.5, 0.6) is 5.75 Å². The van der Waals surface area contributed by atoms with Crippen molar-refractivity contribution >= 4 is 0 Å². The Morgan fingerprint density at radius 3 is 2.72 bits per heavy atom. The van der Waals surface area contributed by atoms with Crippen LogP contribution < -0.4 is 0 Å². The van der Waals surface area contributed by atoms with Crippen molar-refractivity contribution in [1.82, 2.24) is 9.80 Å². The Morgan fingerprint density at radius 2 is 2.00 bits per heavy atom. The minimum absolute atomic E-state index is 0.469. The average Bonchev–Trinajstić information content (AvgIpc) is 2.73. The van der Waals surface area contributed by atoms with Crippen LogP contribution in [0.2, 0.25) is 0 Å². The van der Waals surface area contributed by atoms with Gasteiger partial charge in [0.2, 0.25) is 0 Å². The van der Waals surface area contributed by atoms with Gasteiger partial charge in [-0.2, -0.15) is 0 Å². The third-order valence-corrected chi connectivity index (χ3v) is 3.86. The molecule has 1 aromatic rings. The number of benzene rings is 1. The Labute approximate surface area is 110 Å². The molecule has 0 aromatic heterocycles. The number of nitrogens with zero attached hydrogens (tertiary/aromatic N) is 2. The van der Waals surface area contributed by atoms with E-state index in [1.807, 2.05) is 6.07 Å². The van der Waals surface area contributed by atoms with Crippen LogP contribution in [0.3, 0.4) is 0 Å². The van der Waals surface area contributed by atoms with Gasteiger partial charge in [0.05, 0.1) is 0 Å². The third-order valence-electron chi connectivity index (χ3n) is 3.86. The van der Waals surface area contributed by atoms with E-state index in [1.54, 1.807) is 6.07 Å². The molecule has 0 bridgehead atoms. The summed E-state index contributed by atoms with van der Waals surface area (Å²) in [5.74, 6) is 0.469. The zero-order valence-electron chi connectivity index (χ0n) is 11.7. The Kier molecular flexibility index (Phi) is 4.25. The van der Waals surface area contributed by atoms with E-state index in [2.05, 4.69) is 37.0 Å². The molecule has 1 atom stereocenters. The minimum atomic E-state index is 0.469. The molecular weight excluding hydrogens is 224 g/mol. The number of hydrogen-bond donors (Lipinski definition) is 1. The lowest BCUT2D eigenvalue weighted by atomic mass is 10.1. The second kappa shape index (κ2) is 5.72. The largest absolute Gasteiger partial charge is 0.508 e. The topological polar surface area (TPSA) is 26.7 Å².